The molecule has 0 saturated carbocycles. The number of halogens is 3. The van der Waals surface area contributed by atoms with Crippen LogP contribution in [-0.4, -0.2) is 36.6 Å². The van der Waals surface area contributed by atoms with Crippen LogP contribution < -0.4 is 15.4 Å². The molecule has 0 atom stereocenters. The topological polar surface area (TPSA) is 80.3 Å². The van der Waals surface area contributed by atoms with Gasteiger partial charge in [-0.25, -0.2) is 4.98 Å². The lowest BCUT2D eigenvalue weighted by Gasteiger charge is -2.12. The number of nitrogens with zero attached hydrogens (tertiary/aromatic N) is 1. The molecule has 2 N–H and O–H groups in total. The fourth-order valence-electron chi connectivity index (χ4n) is 1.91. The molecule has 0 aliphatic heterocycles. The van der Waals surface area contributed by atoms with Gasteiger partial charge in [0, 0.05) is 24.5 Å². The lowest BCUT2D eigenvalue weighted by atomic mass is 10.1. The average Bonchev–Trinajstić information content (AvgIpc) is 2.59. The summed E-state index contributed by atoms with van der Waals surface area (Å²) in [7, 11) is 1.47. The van der Waals surface area contributed by atoms with Crippen molar-refractivity contribution in [2.45, 2.75) is 6.18 Å². The number of pyridine rings is 1. The Morgan fingerprint density at radius 1 is 1.16 bits per heavy atom. The lowest BCUT2D eigenvalue weighted by molar-refractivity contribution is -0.154. The van der Waals surface area contributed by atoms with Crippen molar-refractivity contribution in [3.05, 3.63) is 53.7 Å². The summed E-state index contributed by atoms with van der Waals surface area (Å²) in [6, 6.07) is 8.77. The minimum atomic E-state index is -4.55. The SMILES string of the molecule is CNC(=O)c1cccc(NC(=O)c2cccnc2OCC(F)(F)F)c1. The van der Waals surface area contributed by atoms with Gasteiger partial charge in [0.15, 0.2) is 6.61 Å². The van der Waals surface area contributed by atoms with Crippen molar-refractivity contribution in [1.82, 2.24) is 10.3 Å². The van der Waals surface area contributed by atoms with Crippen LogP contribution in [0.15, 0.2) is 42.6 Å². The van der Waals surface area contributed by atoms with Crippen LogP contribution in [0.2, 0.25) is 0 Å². The van der Waals surface area contributed by atoms with Crippen LogP contribution in [-0.2, 0) is 0 Å². The second kappa shape index (κ2) is 7.65. The van der Waals surface area contributed by atoms with Gasteiger partial charge < -0.3 is 15.4 Å². The smallest absolute Gasteiger partial charge is 0.422 e. The third kappa shape index (κ3) is 5.20. The van der Waals surface area contributed by atoms with Crippen molar-refractivity contribution in [2.75, 3.05) is 19.0 Å². The third-order valence-electron chi connectivity index (χ3n) is 3.00. The number of alkyl halides is 3. The van der Waals surface area contributed by atoms with E-state index in [-0.39, 0.29) is 11.5 Å². The van der Waals surface area contributed by atoms with E-state index in [1.54, 1.807) is 12.1 Å². The molecule has 132 valence electrons. The Labute approximate surface area is 141 Å². The largest absolute Gasteiger partial charge is 0.467 e. The van der Waals surface area contributed by atoms with Crippen molar-refractivity contribution >= 4 is 17.5 Å². The number of nitrogens with one attached hydrogen (secondary N) is 2. The van der Waals surface area contributed by atoms with Crippen molar-refractivity contribution < 1.29 is 27.5 Å². The number of benzene rings is 1. The van der Waals surface area contributed by atoms with Gasteiger partial charge in [0.25, 0.3) is 11.8 Å². The summed E-state index contributed by atoms with van der Waals surface area (Å²) in [6.07, 6.45) is -3.33. The quantitative estimate of drug-likeness (QED) is 0.866. The van der Waals surface area contributed by atoms with Gasteiger partial charge in [0.1, 0.15) is 5.56 Å². The number of rotatable bonds is 5. The van der Waals surface area contributed by atoms with E-state index in [1.807, 2.05) is 0 Å². The first-order valence-electron chi connectivity index (χ1n) is 7.08. The van der Waals surface area contributed by atoms with Crippen LogP contribution in [0.5, 0.6) is 5.88 Å². The highest BCUT2D eigenvalue weighted by Gasteiger charge is 2.29. The standard InChI is InChI=1S/C16H14F3N3O3/c1-20-13(23)10-4-2-5-11(8-10)22-14(24)12-6-3-7-21-15(12)25-9-16(17,18)19/h2-8H,9H2,1H3,(H,20,23)(H,22,24). The molecule has 0 bridgehead atoms. The van der Waals surface area contributed by atoms with Crippen LogP contribution >= 0.6 is 0 Å². The van der Waals surface area contributed by atoms with E-state index in [9.17, 15) is 22.8 Å². The molecule has 0 radical (unpaired) electrons. The number of carbonyl (C=O) groups is 2. The molecule has 0 spiro atoms. The molecule has 25 heavy (non-hydrogen) atoms. The summed E-state index contributed by atoms with van der Waals surface area (Å²) >= 11 is 0. The predicted molar refractivity (Wildman–Crippen MR) is 83.6 cm³/mol. The molecule has 6 nitrogen and oxygen atoms in total. The van der Waals surface area contributed by atoms with Gasteiger partial charge in [-0.3, -0.25) is 9.59 Å². The fourth-order valence-corrected chi connectivity index (χ4v) is 1.91. The van der Waals surface area contributed by atoms with Gasteiger partial charge in [-0.1, -0.05) is 6.07 Å². The molecule has 9 heteroatoms. The summed E-state index contributed by atoms with van der Waals surface area (Å²) in [4.78, 5) is 27.5. The zero-order chi connectivity index (χ0) is 18.4. The maximum atomic E-state index is 12.3. The van der Waals surface area contributed by atoms with Crippen LogP contribution in [0.3, 0.4) is 0 Å². The molecular weight excluding hydrogens is 339 g/mol. The maximum Gasteiger partial charge on any atom is 0.422 e. The van der Waals surface area contributed by atoms with Crippen molar-refractivity contribution in [2.24, 2.45) is 0 Å². The molecule has 2 rings (SSSR count). The predicted octanol–water partition coefficient (Wildman–Crippen LogP) is 2.63. The number of amides is 2. The van der Waals surface area contributed by atoms with Gasteiger partial charge in [-0.05, 0) is 30.3 Å². The van der Waals surface area contributed by atoms with Crippen LogP contribution in [0.25, 0.3) is 0 Å². The second-order valence-electron chi connectivity index (χ2n) is 4.87. The number of carbonyl (C=O) groups excluding carboxylic acids is 2. The maximum absolute atomic E-state index is 12.3. The van der Waals surface area contributed by atoms with E-state index >= 15 is 0 Å². The Morgan fingerprint density at radius 3 is 2.60 bits per heavy atom. The van der Waals surface area contributed by atoms with Crippen LogP contribution in [0.1, 0.15) is 20.7 Å². The lowest BCUT2D eigenvalue weighted by Crippen LogP contribution is -2.22. The third-order valence-corrected chi connectivity index (χ3v) is 3.00. The van der Waals surface area contributed by atoms with Crippen molar-refractivity contribution in [3.63, 3.8) is 0 Å². The second-order valence-corrected chi connectivity index (χ2v) is 4.87. The highest BCUT2D eigenvalue weighted by Crippen LogP contribution is 2.21. The molecule has 2 amide bonds. The van der Waals surface area contributed by atoms with Crippen LogP contribution in [0, 0.1) is 0 Å². The van der Waals surface area contributed by atoms with E-state index in [0.29, 0.717) is 11.3 Å². The molecule has 0 aliphatic carbocycles. The van der Waals surface area contributed by atoms with Crippen molar-refractivity contribution in [1.29, 1.82) is 0 Å². The van der Waals surface area contributed by atoms with Gasteiger partial charge in [0.2, 0.25) is 5.88 Å². The number of aromatic nitrogens is 1. The monoisotopic (exact) mass is 353 g/mol. The molecule has 1 aromatic heterocycles. The molecule has 0 unspecified atom stereocenters. The Hall–Kier alpha value is -3.10. The first kappa shape index (κ1) is 18.2. The zero-order valence-corrected chi connectivity index (χ0v) is 13.1. The number of anilines is 1. The Kier molecular flexibility index (Phi) is 5.58. The first-order chi connectivity index (χ1) is 11.8. The average molecular weight is 353 g/mol. The minimum Gasteiger partial charge on any atom is -0.467 e. The minimum absolute atomic E-state index is 0.155. The number of ether oxygens (including phenoxy) is 1. The number of hydrogen-bond acceptors (Lipinski definition) is 4. The van der Waals surface area contributed by atoms with Gasteiger partial charge >= 0.3 is 6.18 Å². The van der Waals surface area contributed by atoms with Gasteiger partial charge in [-0.2, -0.15) is 13.2 Å². The first-order valence-corrected chi connectivity index (χ1v) is 7.08. The highest BCUT2D eigenvalue weighted by atomic mass is 19.4. The summed E-state index contributed by atoms with van der Waals surface area (Å²) in [5, 5.41) is 4.94. The normalized spacial score (nSPS) is 10.9. The van der Waals surface area contributed by atoms with Gasteiger partial charge in [0.05, 0.1) is 0 Å². The van der Waals surface area contributed by atoms with E-state index in [0.717, 1.165) is 0 Å². The molecule has 0 saturated heterocycles. The Bertz CT molecular complexity index is 778. The Balaban J connectivity index is 2.17. The molecule has 2 aromatic rings. The van der Waals surface area contributed by atoms with E-state index in [1.165, 1.54) is 37.5 Å². The van der Waals surface area contributed by atoms with E-state index in [2.05, 4.69) is 20.4 Å². The molecule has 0 aliphatic rings. The molecular formula is C16H14F3N3O3. The molecule has 0 fully saturated rings. The van der Waals surface area contributed by atoms with Gasteiger partial charge in [-0.15, -0.1) is 0 Å². The van der Waals surface area contributed by atoms with E-state index in [4.69, 9.17) is 0 Å². The van der Waals surface area contributed by atoms with E-state index < -0.39 is 24.6 Å². The summed E-state index contributed by atoms with van der Waals surface area (Å²) < 4.78 is 41.4. The van der Waals surface area contributed by atoms with Crippen molar-refractivity contribution in [3.8, 4) is 5.88 Å². The molecule has 1 aromatic carbocycles. The summed E-state index contributed by atoms with van der Waals surface area (Å²) in [6.45, 7) is -1.56. The molecule has 1 heterocycles. The summed E-state index contributed by atoms with van der Waals surface area (Å²) in [5.74, 6) is -1.48. The Morgan fingerprint density at radius 2 is 1.92 bits per heavy atom. The number of hydrogen-bond donors (Lipinski definition) is 2. The fraction of sp³-hybridized carbons (Fsp3) is 0.188. The highest BCUT2D eigenvalue weighted by molar-refractivity contribution is 6.06. The zero-order valence-electron chi connectivity index (χ0n) is 13.1. The summed E-state index contributed by atoms with van der Waals surface area (Å²) in [5.41, 5.74) is 0.467. The van der Waals surface area contributed by atoms with Crippen LogP contribution in [0.4, 0.5) is 18.9 Å².